The minimum absolute atomic E-state index is 0.0488. The highest BCUT2D eigenvalue weighted by atomic mass is 32.2. The van der Waals surface area contributed by atoms with Crippen LogP contribution in [0.2, 0.25) is 0 Å². The van der Waals surface area contributed by atoms with Crippen molar-refractivity contribution in [2.24, 2.45) is 0 Å². The van der Waals surface area contributed by atoms with E-state index in [9.17, 15) is 32.3 Å². The first-order valence-corrected chi connectivity index (χ1v) is 15.4. The van der Waals surface area contributed by atoms with Gasteiger partial charge in [-0.25, -0.2) is 4.39 Å². The van der Waals surface area contributed by atoms with Crippen molar-refractivity contribution in [2.75, 3.05) is 32.2 Å². The third-order valence-corrected chi connectivity index (χ3v) is 7.82. The molecule has 3 atom stereocenters. The first-order chi connectivity index (χ1) is 20.0. The van der Waals surface area contributed by atoms with Gasteiger partial charge in [0.25, 0.3) is 0 Å². The Balaban J connectivity index is 1.82. The van der Waals surface area contributed by atoms with Crippen molar-refractivity contribution in [2.45, 2.75) is 69.4 Å². The molecule has 1 aliphatic rings. The maximum Gasteiger partial charge on any atom is 0.416 e. The molecule has 232 valence electrons. The summed E-state index contributed by atoms with van der Waals surface area (Å²) in [6.07, 6.45) is -0.980. The van der Waals surface area contributed by atoms with Crippen molar-refractivity contribution >= 4 is 23.6 Å². The number of hydrogen-bond donors (Lipinski definition) is 3. The van der Waals surface area contributed by atoms with E-state index in [1.54, 1.807) is 30.9 Å². The number of aliphatic hydroxyl groups is 1. The lowest BCUT2D eigenvalue weighted by molar-refractivity contribution is -0.139. The monoisotopic (exact) mass is 613 g/mol. The Morgan fingerprint density at radius 3 is 2.69 bits per heavy atom. The number of likely N-dealkylation sites (N-methyl/N-ethyl adjacent to an activating group) is 1. The first kappa shape index (κ1) is 33.7. The molecule has 2 aromatic rings. The highest BCUT2D eigenvalue weighted by molar-refractivity contribution is 7.98. The van der Waals surface area contributed by atoms with Gasteiger partial charge in [-0.05, 0) is 73.4 Å². The molecule has 7 nitrogen and oxygen atoms in total. The Hall–Kier alpha value is -2.83. The van der Waals surface area contributed by atoms with Crippen molar-refractivity contribution < 1.29 is 37.0 Å². The van der Waals surface area contributed by atoms with Crippen LogP contribution in [0.4, 0.5) is 17.6 Å². The number of carbonyl (C=O) groups is 2. The van der Waals surface area contributed by atoms with E-state index in [1.165, 1.54) is 23.1 Å². The van der Waals surface area contributed by atoms with E-state index in [1.807, 2.05) is 6.26 Å². The SMILES string of the molecule is CSCCC1C(=O)NC(C(O)CNCc2cccc(C(F)(F)F)c2)Cc2cc(F)cc(c2)OCCCCCC(=O)N1C. The second-order valence-electron chi connectivity index (χ2n) is 10.5. The van der Waals surface area contributed by atoms with Gasteiger partial charge in [-0.3, -0.25) is 9.59 Å². The van der Waals surface area contributed by atoms with Crippen LogP contribution in [0.15, 0.2) is 42.5 Å². The second-order valence-corrected chi connectivity index (χ2v) is 11.5. The topological polar surface area (TPSA) is 90.9 Å². The molecule has 12 heteroatoms. The zero-order valence-electron chi connectivity index (χ0n) is 23.9. The summed E-state index contributed by atoms with van der Waals surface area (Å²) in [5.41, 5.74) is 0.0962. The summed E-state index contributed by atoms with van der Waals surface area (Å²) < 4.78 is 59.5. The molecule has 0 aromatic heterocycles. The number of carbonyl (C=O) groups excluding carboxylic acids is 2. The number of fused-ring (bicyclic) bond motifs is 2. The molecular formula is C30H39F4N3O4S. The smallest absolute Gasteiger partial charge is 0.416 e. The van der Waals surface area contributed by atoms with E-state index < -0.39 is 41.7 Å². The Morgan fingerprint density at radius 1 is 1.17 bits per heavy atom. The number of benzene rings is 2. The third kappa shape index (κ3) is 10.5. The van der Waals surface area contributed by atoms with Crippen LogP contribution in [0, 0.1) is 5.82 Å². The Kier molecular flexibility index (Phi) is 12.9. The van der Waals surface area contributed by atoms with Gasteiger partial charge in [0.1, 0.15) is 17.6 Å². The highest BCUT2D eigenvalue weighted by Gasteiger charge is 2.31. The molecule has 3 N–H and O–H groups in total. The fourth-order valence-electron chi connectivity index (χ4n) is 4.83. The molecule has 0 radical (unpaired) electrons. The lowest BCUT2D eigenvalue weighted by Crippen LogP contribution is -2.55. The number of halogens is 4. The summed E-state index contributed by atoms with van der Waals surface area (Å²) in [6.45, 7) is 0.336. The molecule has 42 heavy (non-hydrogen) atoms. The molecule has 3 rings (SSSR count). The largest absolute Gasteiger partial charge is 0.493 e. The maximum atomic E-state index is 14.5. The van der Waals surface area contributed by atoms with E-state index >= 15 is 0 Å². The molecule has 1 aliphatic heterocycles. The Labute approximate surface area is 248 Å². The van der Waals surface area contributed by atoms with E-state index in [0.29, 0.717) is 48.5 Å². The molecule has 0 aliphatic carbocycles. The minimum atomic E-state index is -4.47. The highest BCUT2D eigenvalue weighted by Crippen LogP contribution is 2.29. The van der Waals surface area contributed by atoms with E-state index in [-0.39, 0.29) is 31.8 Å². The number of nitrogens with one attached hydrogen (secondary N) is 2. The van der Waals surface area contributed by atoms with Gasteiger partial charge in [-0.2, -0.15) is 24.9 Å². The van der Waals surface area contributed by atoms with Crippen LogP contribution in [0.5, 0.6) is 5.75 Å². The number of thioether (sulfide) groups is 1. The van der Waals surface area contributed by atoms with Gasteiger partial charge in [0.15, 0.2) is 0 Å². The van der Waals surface area contributed by atoms with Gasteiger partial charge in [0.2, 0.25) is 11.8 Å². The summed E-state index contributed by atoms with van der Waals surface area (Å²) in [5.74, 6) is -0.160. The number of alkyl halides is 3. The lowest BCUT2D eigenvalue weighted by Gasteiger charge is -2.31. The van der Waals surface area contributed by atoms with Crippen LogP contribution in [-0.2, 0) is 28.7 Å². The summed E-state index contributed by atoms with van der Waals surface area (Å²) >= 11 is 1.54. The number of rotatable bonds is 8. The molecule has 2 bridgehead atoms. The molecule has 0 spiro atoms. The van der Waals surface area contributed by atoms with Crippen molar-refractivity contribution in [1.29, 1.82) is 0 Å². The summed E-state index contributed by atoms with van der Waals surface area (Å²) in [7, 11) is 1.60. The maximum absolute atomic E-state index is 14.5. The van der Waals surface area contributed by atoms with E-state index in [4.69, 9.17) is 4.74 Å². The Bertz CT molecular complexity index is 1180. The van der Waals surface area contributed by atoms with Crippen LogP contribution in [-0.4, -0.2) is 72.2 Å². The number of nitrogens with zero attached hydrogens (tertiary/aromatic N) is 1. The fourth-order valence-corrected chi connectivity index (χ4v) is 5.29. The average Bonchev–Trinajstić information content (AvgIpc) is 2.93. The molecule has 3 unspecified atom stereocenters. The van der Waals surface area contributed by atoms with E-state index in [0.717, 1.165) is 18.6 Å². The molecule has 0 saturated carbocycles. The summed E-state index contributed by atoms with van der Waals surface area (Å²) in [6, 6.07) is 7.45. The van der Waals surface area contributed by atoms with E-state index in [2.05, 4.69) is 10.6 Å². The quantitative estimate of drug-likeness (QED) is 0.379. The van der Waals surface area contributed by atoms with Gasteiger partial charge in [0.05, 0.1) is 24.3 Å². The zero-order chi connectivity index (χ0) is 30.7. The fraction of sp³-hybridized carbons (Fsp3) is 0.533. The van der Waals surface area contributed by atoms with Gasteiger partial charge in [0, 0.05) is 32.6 Å². The van der Waals surface area contributed by atoms with Crippen molar-refractivity contribution in [3.05, 3.63) is 65.0 Å². The van der Waals surface area contributed by atoms with Crippen molar-refractivity contribution in [1.82, 2.24) is 15.5 Å². The standard InChI is InChI=1S/C30H39F4N3O4S/c1-37-26(10-12-42-2)29(40)36-25(27(38)19-35-18-20-7-6-8-22(13-20)30(32,33)34)16-21-14-23(31)17-24(15-21)41-11-5-3-4-9-28(37)39/h6-8,13-15,17,25-27,35,38H,3-5,9-12,16,18-19H2,1-2H3,(H,36,40). The van der Waals surface area contributed by atoms with Crippen LogP contribution in [0.3, 0.4) is 0 Å². The molecule has 0 saturated heterocycles. The second kappa shape index (κ2) is 16.1. The first-order valence-electron chi connectivity index (χ1n) is 14.0. The van der Waals surface area contributed by atoms with Crippen LogP contribution < -0.4 is 15.4 Å². The normalized spacial score (nSPS) is 20.1. The predicted octanol–water partition coefficient (Wildman–Crippen LogP) is 4.56. The summed E-state index contributed by atoms with van der Waals surface area (Å²) in [4.78, 5) is 27.9. The lowest BCUT2D eigenvalue weighted by atomic mass is 9.99. The van der Waals surface area contributed by atoms with Crippen LogP contribution >= 0.6 is 11.8 Å². The third-order valence-electron chi connectivity index (χ3n) is 7.18. The van der Waals surface area contributed by atoms with Gasteiger partial charge < -0.3 is 25.4 Å². The number of aliphatic hydroxyl groups excluding tert-OH is 1. The zero-order valence-corrected chi connectivity index (χ0v) is 24.7. The van der Waals surface area contributed by atoms with Crippen molar-refractivity contribution in [3.8, 4) is 5.75 Å². The van der Waals surface area contributed by atoms with Crippen molar-refractivity contribution in [3.63, 3.8) is 0 Å². The van der Waals surface area contributed by atoms with Gasteiger partial charge in [-0.15, -0.1) is 0 Å². The molecule has 2 aromatic carbocycles. The van der Waals surface area contributed by atoms with Gasteiger partial charge in [-0.1, -0.05) is 18.2 Å². The molecular weight excluding hydrogens is 574 g/mol. The Morgan fingerprint density at radius 2 is 1.95 bits per heavy atom. The van der Waals surface area contributed by atoms with Crippen LogP contribution in [0.1, 0.15) is 48.8 Å². The number of ether oxygens (including phenoxy) is 1. The molecule has 1 heterocycles. The van der Waals surface area contributed by atoms with Crippen LogP contribution in [0.25, 0.3) is 0 Å². The molecule has 0 fully saturated rings. The average molecular weight is 614 g/mol. The molecule has 2 amide bonds. The predicted molar refractivity (Wildman–Crippen MR) is 155 cm³/mol. The minimum Gasteiger partial charge on any atom is -0.493 e. The van der Waals surface area contributed by atoms with Gasteiger partial charge >= 0.3 is 6.18 Å². The number of amides is 2. The number of hydrogen-bond acceptors (Lipinski definition) is 6. The summed E-state index contributed by atoms with van der Waals surface area (Å²) in [5, 5.41) is 17.0.